The molecule has 0 atom stereocenters. The first-order valence-electron chi connectivity index (χ1n) is 7.49. The lowest BCUT2D eigenvalue weighted by atomic mass is 10.3. The Balaban J connectivity index is 1.57. The lowest BCUT2D eigenvalue weighted by molar-refractivity contribution is -0.144. The van der Waals surface area contributed by atoms with Crippen molar-refractivity contribution in [1.82, 2.24) is 9.78 Å². The average molecular weight is 302 g/mol. The van der Waals surface area contributed by atoms with Gasteiger partial charge < -0.3 is 9.47 Å². The second-order valence-electron chi connectivity index (χ2n) is 5.14. The van der Waals surface area contributed by atoms with E-state index >= 15 is 0 Å². The molecular formula is C17H22N2O3. The van der Waals surface area contributed by atoms with Crippen molar-refractivity contribution >= 4 is 5.97 Å². The molecule has 2 rings (SSSR count). The van der Waals surface area contributed by atoms with E-state index in [0.29, 0.717) is 32.6 Å². The molecule has 5 heteroatoms. The smallest absolute Gasteiger partial charge is 0.307 e. The third kappa shape index (κ3) is 5.24. The Morgan fingerprint density at radius 3 is 2.64 bits per heavy atom. The van der Waals surface area contributed by atoms with Gasteiger partial charge in [-0.15, -0.1) is 0 Å². The number of esters is 1. The van der Waals surface area contributed by atoms with Crippen LogP contribution in [-0.2, 0) is 16.1 Å². The van der Waals surface area contributed by atoms with E-state index in [0.717, 1.165) is 17.1 Å². The molecule has 0 radical (unpaired) electrons. The fourth-order valence-corrected chi connectivity index (χ4v) is 2.12. The minimum absolute atomic E-state index is 0.202. The van der Waals surface area contributed by atoms with E-state index in [1.165, 1.54) is 0 Å². The number of nitrogens with zero attached hydrogens (tertiary/aromatic N) is 2. The Kier molecular flexibility index (Phi) is 6.01. The number of aryl methyl sites for hydroxylation is 3. The lowest BCUT2D eigenvalue weighted by Crippen LogP contribution is -2.13. The summed E-state index contributed by atoms with van der Waals surface area (Å²) >= 11 is 0. The summed E-state index contributed by atoms with van der Waals surface area (Å²) in [5.74, 6) is 0.630. The highest BCUT2D eigenvalue weighted by Gasteiger charge is 2.06. The summed E-state index contributed by atoms with van der Waals surface area (Å²) in [6, 6.07) is 11.6. The standard InChI is InChI=1S/C17H22N2O3/c1-14-13-15(2)19(18-14)10-9-17(20)22-12-6-11-21-16-7-4-3-5-8-16/h3-5,7-8,13H,6,9-12H2,1-2H3. The Labute approximate surface area is 130 Å². The molecule has 2 aromatic rings. The Morgan fingerprint density at radius 1 is 1.18 bits per heavy atom. The Hall–Kier alpha value is -2.30. The summed E-state index contributed by atoms with van der Waals surface area (Å²) in [4.78, 5) is 11.7. The highest BCUT2D eigenvalue weighted by Crippen LogP contribution is 2.08. The van der Waals surface area contributed by atoms with Crippen LogP contribution in [0.2, 0.25) is 0 Å². The van der Waals surface area contributed by atoms with Crippen LogP contribution in [0.15, 0.2) is 36.4 Å². The third-order valence-electron chi connectivity index (χ3n) is 3.19. The zero-order valence-corrected chi connectivity index (χ0v) is 13.1. The quantitative estimate of drug-likeness (QED) is 0.556. The van der Waals surface area contributed by atoms with Gasteiger partial charge in [0.15, 0.2) is 0 Å². The fourth-order valence-electron chi connectivity index (χ4n) is 2.12. The van der Waals surface area contributed by atoms with Crippen LogP contribution in [0.5, 0.6) is 5.75 Å². The number of hydrogen-bond donors (Lipinski definition) is 0. The van der Waals surface area contributed by atoms with Gasteiger partial charge in [-0.1, -0.05) is 18.2 Å². The number of aromatic nitrogens is 2. The summed E-state index contributed by atoms with van der Waals surface area (Å²) in [6.07, 6.45) is 1.02. The van der Waals surface area contributed by atoms with Crippen molar-refractivity contribution in [2.45, 2.75) is 33.2 Å². The second kappa shape index (κ2) is 8.22. The Morgan fingerprint density at radius 2 is 1.95 bits per heavy atom. The molecule has 0 aliphatic rings. The van der Waals surface area contributed by atoms with Crippen molar-refractivity contribution in [1.29, 1.82) is 0 Å². The SMILES string of the molecule is Cc1cc(C)n(CCC(=O)OCCCOc2ccccc2)n1. The van der Waals surface area contributed by atoms with Gasteiger partial charge in [0, 0.05) is 12.1 Å². The van der Waals surface area contributed by atoms with Gasteiger partial charge in [-0.05, 0) is 32.0 Å². The monoisotopic (exact) mass is 302 g/mol. The van der Waals surface area contributed by atoms with Crippen molar-refractivity contribution in [2.24, 2.45) is 0 Å². The maximum Gasteiger partial charge on any atom is 0.307 e. The number of carbonyl (C=O) groups excluding carboxylic acids is 1. The van der Waals surface area contributed by atoms with E-state index in [1.807, 2.05) is 54.9 Å². The van der Waals surface area contributed by atoms with Gasteiger partial charge in [0.2, 0.25) is 0 Å². The first-order valence-corrected chi connectivity index (χ1v) is 7.49. The minimum Gasteiger partial charge on any atom is -0.493 e. The molecule has 118 valence electrons. The van der Waals surface area contributed by atoms with Crippen LogP contribution in [0.3, 0.4) is 0 Å². The van der Waals surface area contributed by atoms with Crippen molar-refractivity contribution in [3.8, 4) is 5.75 Å². The highest BCUT2D eigenvalue weighted by molar-refractivity contribution is 5.69. The first-order chi connectivity index (χ1) is 10.6. The normalized spacial score (nSPS) is 10.5. The topological polar surface area (TPSA) is 53.4 Å². The zero-order valence-electron chi connectivity index (χ0n) is 13.1. The van der Waals surface area contributed by atoms with E-state index in [1.54, 1.807) is 0 Å². The van der Waals surface area contributed by atoms with Crippen LogP contribution in [0.1, 0.15) is 24.2 Å². The van der Waals surface area contributed by atoms with E-state index < -0.39 is 0 Å². The predicted octanol–water partition coefficient (Wildman–Crippen LogP) is 2.90. The van der Waals surface area contributed by atoms with Gasteiger partial charge in [-0.2, -0.15) is 5.10 Å². The molecule has 0 saturated heterocycles. The number of ether oxygens (including phenoxy) is 2. The van der Waals surface area contributed by atoms with Crippen LogP contribution in [0.4, 0.5) is 0 Å². The lowest BCUT2D eigenvalue weighted by Gasteiger charge is -2.07. The van der Waals surface area contributed by atoms with Crippen molar-refractivity contribution < 1.29 is 14.3 Å². The molecule has 0 saturated carbocycles. The molecule has 0 amide bonds. The van der Waals surface area contributed by atoms with Gasteiger partial charge >= 0.3 is 5.97 Å². The van der Waals surface area contributed by atoms with Crippen molar-refractivity contribution in [2.75, 3.05) is 13.2 Å². The van der Waals surface area contributed by atoms with Gasteiger partial charge in [-0.3, -0.25) is 9.48 Å². The highest BCUT2D eigenvalue weighted by atomic mass is 16.5. The summed E-state index contributed by atoms with van der Waals surface area (Å²) < 4.78 is 12.5. The van der Waals surface area contributed by atoms with Crippen LogP contribution in [0, 0.1) is 13.8 Å². The summed E-state index contributed by atoms with van der Waals surface area (Å²) in [6.45, 7) is 5.39. The van der Waals surface area contributed by atoms with Crippen LogP contribution in [-0.4, -0.2) is 29.0 Å². The number of carbonyl (C=O) groups is 1. The number of benzene rings is 1. The second-order valence-corrected chi connectivity index (χ2v) is 5.14. The minimum atomic E-state index is -0.202. The maximum atomic E-state index is 11.7. The van der Waals surface area contributed by atoms with E-state index in [9.17, 15) is 4.79 Å². The van der Waals surface area contributed by atoms with Crippen LogP contribution < -0.4 is 4.74 Å². The van der Waals surface area contributed by atoms with Crippen LogP contribution in [0.25, 0.3) is 0 Å². The molecule has 0 aliphatic heterocycles. The third-order valence-corrected chi connectivity index (χ3v) is 3.19. The number of para-hydroxylation sites is 1. The molecule has 1 aromatic carbocycles. The number of hydrogen-bond acceptors (Lipinski definition) is 4. The summed E-state index contributed by atoms with van der Waals surface area (Å²) in [5.41, 5.74) is 2.02. The van der Waals surface area contributed by atoms with E-state index in [4.69, 9.17) is 9.47 Å². The first kappa shape index (κ1) is 16.1. The van der Waals surface area contributed by atoms with Crippen molar-refractivity contribution in [3.63, 3.8) is 0 Å². The summed E-state index contributed by atoms with van der Waals surface area (Å²) in [5, 5.41) is 4.31. The summed E-state index contributed by atoms with van der Waals surface area (Å²) in [7, 11) is 0. The molecule has 0 bridgehead atoms. The van der Waals surface area contributed by atoms with Gasteiger partial charge in [0.25, 0.3) is 0 Å². The molecular weight excluding hydrogens is 280 g/mol. The largest absolute Gasteiger partial charge is 0.493 e. The van der Waals surface area contributed by atoms with Gasteiger partial charge in [0.05, 0.1) is 31.9 Å². The molecule has 0 unspecified atom stereocenters. The van der Waals surface area contributed by atoms with Gasteiger partial charge in [-0.25, -0.2) is 0 Å². The molecule has 0 aliphatic carbocycles. The molecule has 22 heavy (non-hydrogen) atoms. The molecule has 1 heterocycles. The zero-order chi connectivity index (χ0) is 15.8. The molecule has 5 nitrogen and oxygen atoms in total. The molecule has 1 aromatic heterocycles. The molecule has 0 N–H and O–H groups in total. The van der Waals surface area contributed by atoms with Crippen LogP contribution >= 0.6 is 0 Å². The van der Waals surface area contributed by atoms with E-state index in [-0.39, 0.29) is 5.97 Å². The molecule has 0 fully saturated rings. The Bertz CT molecular complexity index is 593. The fraction of sp³-hybridized carbons (Fsp3) is 0.412. The van der Waals surface area contributed by atoms with E-state index in [2.05, 4.69) is 5.10 Å². The van der Waals surface area contributed by atoms with Gasteiger partial charge in [0.1, 0.15) is 5.75 Å². The maximum absolute atomic E-state index is 11.7. The van der Waals surface area contributed by atoms with Crippen molar-refractivity contribution in [3.05, 3.63) is 47.8 Å². The molecule has 0 spiro atoms. The predicted molar refractivity (Wildman–Crippen MR) is 83.8 cm³/mol. The average Bonchev–Trinajstić information content (AvgIpc) is 2.84. The number of rotatable bonds is 8.